The van der Waals surface area contributed by atoms with Crippen LogP contribution in [-0.4, -0.2) is 48.7 Å². The SMILES string of the molecule is CCCNC(C)(CCN(CCC)C1CC1)C(=O)OCC. The van der Waals surface area contributed by atoms with Crippen LogP contribution in [0.4, 0.5) is 0 Å². The van der Waals surface area contributed by atoms with E-state index in [1.54, 1.807) is 0 Å². The van der Waals surface area contributed by atoms with Crippen molar-refractivity contribution in [3.63, 3.8) is 0 Å². The number of hydrogen-bond donors (Lipinski definition) is 1. The van der Waals surface area contributed by atoms with Crippen molar-refractivity contribution in [3.8, 4) is 0 Å². The van der Waals surface area contributed by atoms with E-state index in [4.69, 9.17) is 4.74 Å². The lowest BCUT2D eigenvalue weighted by Gasteiger charge is -2.31. The van der Waals surface area contributed by atoms with E-state index in [0.717, 1.165) is 38.5 Å². The second-order valence-electron chi connectivity index (χ2n) is 6.00. The summed E-state index contributed by atoms with van der Waals surface area (Å²) in [6.07, 6.45) is 5.66. The minimum atomic E-state index is -0.549. The molecule has 1 unspecified atom stereocenters. The lowest BCUT2D eigenvalue weighted by molar-refractivity contribution is -0.151. The summed E-state index contributed by atoms with van der Waals surface area (Å²) >= 11 is 0. The number of ether oxygens (including phenoxy) is 1. The second-order valence-corrected chi connectivity index (χ2v) is 6.00. The predicted octanol–water partition coefficient (Wildman–Crippen LogP) is 2.57. The number of nitrogens with zero attached hydrogens (tertiary/aromatic N) is 1. The fraction of sp³-hybridized carbons (Fsp3) is 0.938. The summed E-state index contributed by atoms with van der Waals surface area (Å²) in [6.45, 7) is 11.6. The van der Waals surface area contributed by atoms with E-state index in [2.05, 4.69) is 24.1 Å². The first-order chi connectivity index (χ1) is 9.57. The van der Waals surface area contributed by atoms with Crippen LogP contribution in [-0.2, 0) is 9.53 Å². The molecule has 0 bridgehead atoms. The van der Waals surface area contributed by atoms with E-state index < -0.39 is 5.54 Å². The van der Waals surface area contributed by atoms with Crippen LogP contribution in [0, 0.1) is 0 Å². The van der Waals surface area contributed by atoms with Crippen LogP contribution < -0.4 is 5.32 Å². The molecule has 0 heterocycles. The third kappa shape index (κ3) is 5.41. The Morgan fingerprint density at radius 3 is 2.45 bits per heavy atom. The molecular formula is C16H32N2O2. The number of rotatable bonds is 11. The highest BCUT2D eigenvalue weighted by atomic mass is 16.5. The largest absolute Gasteiger partial charge is 0.465 e. The smallest absolute Gasteiger partial charge is 0.326 e. The van der Waals surface area contributed by atoms with Gasteiger partial charge in [0.05, 0.1) is 6.61 Å². The molecule has 1 atom stereocenters. The number of hydrogen-bond acceptors (Lipinski definition) is 4. The summed E-state index contributed by atoms with van der Waals surface area (Å²) in [6, 6.07) is 0.757. The Labute approximate surface area is 124 Å². The molecule has 0 radical (unpaired) electrons. The molecule has 0 aromatic carbocycles. The summed E-state index contributed by atoms with van der Waals surface area (Å²) in [4.78, 5) is 14.8. The first-order valence-corrected chi connectivity index (χ1v) is 8.23. The quantitative estimate of drug-likeness (QED) is 0.592. The van der Waals surface area contributed by atoms with E-state index in [1.165, 1.54) is 19.3 Å². The Kier molecular flexibility index (Phi) is 7.52. The summed E-state index contributed by atoms with van der Waals surface area (Å²) < 4.78 is 5.25. The van der Waals surface area contributed by atoms with Gasteiger partial charge in [-0.05, 0) is 59.0 Å². The molecule has 4 heteroatoms. The minimum absolute atomic E-state index is 0.110. The maximum atomic E-state index is 12.2. The van der Waals surface area contributed by atoms with Crippen LogP contribution in [0.3, 0.4) is 0 Å². The van der Waals surface area contributed by atoms with Gasteiger partial charge in [-0.25, -0.2) is 0 Å². The van der Waals surface area contributed by atoms with Gasteiger partial charge < -0.3 is 15.0 Å². The predicted molar refractivity (Wildman–Crippen MR) is 82.8 cm³/mol. The summed E-state index contributed by atoms with van der Waals surface area (Å²) in [5, 5.41) is 3.39. The van der Waals surface area contributed by atoms with E-state index in [-0.39, 0.29) is 5.97 Å². The lowest BCUT2D eigenvalue weighted by Crippen LogP contribution is -2.52. The molecule has 20 heavy (non-hydrogen) atoms. The molecule has 1 rings (SSSR count). The minimum Gasteiger partial charge on any atom is -0.465 e. The van der Waals surface area contributed by atoms with Gasteiger partial charge in [0.25, 0.3) is 0 Å². The van der Waals surface area contributed by atoms with Crippen molar-refractivity contribution in [2.45, 2.75) is 71.4 Å². The molecule has 0 spiro atoms. The maximum Gasteiger partial charge on any atom is 0.326 e. The highest BCUT2D eigenvalue weighted by molar-refractivity contribution is 5.80. The summed E-state index contributed by atoms with van der Waals surface area (Å²) in [5.74, 6) is -0.110. The molecule has 0 aromatic heterocycles. The highest BCUT2D eigenvalue weighted by Crippen LogP contribution is 2.28. The normalized spacial score (nSPS) is 18.1. The molecule has 1 fully saturated rings. The number of carbonyl (C=O) groups excluding carboxylic acids is 1. The Morgan fingerprint density at radius 1 is 1.25 bits per heavy atom. The molecule has 1 aliphatic rings. The van der Waals surface area contributed by atoms with Crippen molar-refractivity contribution >= 4 is 5.97 Å². The molecule has 0 aliphatic heterocycles. The standard InChI is InChI=1S/C16H32N2O2/c1-5-11-17-16(4,15(19)20-7-3)10-13-18(12-6-2)14-8-9-14/h14,17H,5-13H2,1-4H3. The fourth-order valence-electron chi connectivity index (χ4n) is 2.52. The van der Waals surface area contributed by atoms with Crippen LogP contribution in [0.25, 0.3) is 0 Å². The first kappa shape index (κ1) is 17.4. The third-order valence-electron chi connectivity index (χ3n) is 3.96. The average molecular weight is 284 g/mol. The van der Waals surface area contributed by atoms with Crippen LogP contribution in [0.2, 0.25) is 0 Å². The topological polar surface area (TPSA) is 41.6 Å². The maximum absolute atomic E-state index is 12.2. The van der Waals surface area contributed by atoms with Gasteiger partial charge in [-0.15, -0.1) is 0 Å². The van der Waals surface area contributed by atoms with E-state index >= 15 is 0 Å². The van der Waals surface area contributed by atoms with Gasteiger partial charge in [-0.1, -0.05) is 13.8 Å². The summed E-state index contributed by atoms with van der Waals surface area (Å²) in [5.41, 5.74) is -0.549. The molecule has 0 saturated heterocycles. The van der Waals surface area contributed by atoms with Gasteiger partial charge in [0, 0.05) is 12.6 Å². The Hall–Kier alpha value is -0.610. The van der Waals surface area contributed by atoms with Crippen molar-refractivity contribution in [1.29, 1.82) is 0 Å². The van der Waals surface area contributed by atoms with E-state index in [1.807, 2.05) is 13.8 Å². The fourth-order valence-corrected chi connectivity index (χ4v) is 2.52. The third-order valence-corrected chi connectivity index (χ3v) is 3.96. The molecule has 1 N–H and O–H groups in total. The lowest BCUT2D eigenvalue weighted by atomic mass is 9.97. The zero-order valence-corrected chi connectivity index (χ0v) is 13.7. The van der Waals surface area contributed by atoms with Crippen molar-refractivity contribution in [2.24, 2.45) is 0 Å². The highest BCUT2D eigenvalue weighted by Gasteiger charge is 2.36. The molecular weight excluding hydrogens is 252 g/mol. The van der Waals surface area contributed by atoms with Gasteiger partial charge in [0.1, 0.15) is 5.54 Å². The molecule has 118 valence electrons. The molecule has 1 aliphatic carbocycles. The van der Waals surface area contributed by atoms with Gasteiger partial charge >= 0.3 is 5.97 Å². The molecule has 4 nitrogen and oxygen atoms in total. The Bertz CT molecular complexity index is 292. The van der Waals surface area contributed by atoms with Gasteiger partial charge in [-0.2, -0.15) is 0 Å². The summed E-state index contributed by atoms with van der Waals surface area (Å²) in [7, 11) is 0. The van der Waals surface area contributed by atoms with Crippen LogP contribution in [0.15, 0.2) is 0 Å². The molecule has 0 aromatic rings. The van der Waals surface area contributed by atoms with Gasteiger partial charge in [0.2, 0.25) is 0 Å². The van der Waals surface area contributed by atoms with Crippen molar-refractivity contribution in [2.75, 3.05) is 26.2 Å². The number of nitrogens with one attached hydrogen (secondary N) is 1. The second kappa shape index (κ2) is 8.63. The van der Waals surface area contributed by atoms with Gasteiger partial charge in [-0.3, -0.25) is 4.79 Å². The average Bonchev–Trinajstić information content (AvgIpc) is 3.26. The van der Waals surface area contributed by atoms with Crippen LogP contribution >= 0.6 is 0 Å². The van der Waals surface area contributed by atoms with Gasteiger partial charge in [0.15, 0.2) is 0 Å². The zero-order valence-electron chi connectivity index (χ0n) is 13.7. The van der Waals surface area contributed by atoms with Crippen molar-refractivity contribution < 1.29 is 9.53 Å². The number of carbonyl (C=O) groups is 1. The Morgan fingerprint density at radius 2 is 1.95 bits per heavy atom. The van der Waals surface area contributed by atoms with E-state index in [0.29, 0.717) is 6.61 Å². The Balaban J connectivity index is 2.55. The van der Waals surface area contributed by atoms with Crippen molar-refractivity contribution in [3.05, 3.63) is 0 Å². The monoisotopic (exact) mass is 284 g/mol. The van der Waals surface area contributed by atoms with Crippen LogP contribution in [0.1, 0.15) is 59.8 Å². The van der Waals surface area contributed by atoms with Crippen LogP contribution in [0.5, 0.6) is 0 Å². The molecule has 0 amide bonds. The molecule has 1 saturated carbocycles. The zero-order chi connectivity index (χ0) is 15.0. The first-order valence-electron chi connectivity index (χ1n) is 8.23. The number of esters is 1. The van der Waals surface area contributed by atoms with Crippen molar-refractivity contribution in [1.82, 2.24) is 10.2 Å². The van der Waals surface area contributed by atoms with E-state index in [9.17, 15) is 4.79 Å².